The summed E-state index contributed by atoms with van der Waals surface area (Å²) in [6, 6.07) is 7.70. The van der Waals surface area contributed by atoms with Crippen LogP contribution in [0.3, 0.4) is 0 Å². The summed E-state index contributed by atoms with van der Waals surface area (Å²) in [4.78, 5) is 4.49. The summed E-state index contributed by atoms with van der Waals surface area (Å²) in [5.74, 6) is 0.638. The number of imidazole rings is 1. The highest BCUT2D eigenvalue weighted by molar-refractivity contribution is 5.72. The van der Waals surface area contributed by atoms with Crippen LogP contribution in [0.25, 0.3) is 17.0 Å². The summed E-state index contributed by atoms with van der Waals surface area (Å²) in [6.07, 6.45) is 3.64. The molecule has 0 aliphatic heterocycles. The third-order valence-corrected chi connectivity index (χ3v) is 2.63. The third kappa shape index (κ3) is 1.11. The lowest BCUT2D eigenvalue weighted by Crippen LogP contribution is -1.97. The minimum atomic E-state index is 0.638. The number of hydrogen-bond acceptors (Lipinski definition) is 3. The van der Waals surface area contributed by atoms with Gasteiger partial charge in [0.05, 0.1) is 5.69 Å². The lowest BCUT2D eigenvalue weighted by atomic mass is 10.3. The molecule has 3 aromatic rings. The van der Waals surface area contributed by atoms with E-state index in [2.05, 4.69) is 10.1 Å². The van der Waals surface area contributed by atoms with Gasteiger partial charge in [0, 0.05) is 19.4 Å². The Balaban J connectivity index is 2.33. The quantitative estimate of drug-likeness (QED) is 0.663. The van der Waals surface area contributed by atoms with Crippen LogP contribution in [0.15, 0.2) is 36.7 Å². The molecule has 0 spiro atoms. The molecule has 3 rings (SSSR count). The van der Waals surface area contributed by atoms with E-state index in [1.54, 1.807) is 10.9 Å². The maximum Gasteiger partial charge on any atom is 0.139 e. The van der Waals surface area contributed by atoms with Crippen LogP contribution in [-0.4, -0.2) is 19.2 Å². The zero-order valence-corrected chi connectivity index (χ0v) is 8.83. The molecule has 0 atom stereocenters. The van der Waals surface area contributed by atoms with Crippen molar-refractivity contribution in [1.29, 1.82) is 0 Å². The zero-order chi connectivity index (χ0) is 11.1. The average Bonchev–Trinajstić information content (AvgIpc) is 2.84. The molecule has 0 bridgehead atoms. The van der Waals surface area contributed by atoms with E-state index < -0.39 is 0 Å². The van der Waals surface area contributed by atoms with Crippen molar-refractivity contribution >= 4 is 11.5 Å². The Hall–Kier alpha value is -2.30. The lowest BCUT2D eigenvalue weighted by molar-refractivity contribution is 0.774. The lowest BCUT2D eigenvalue weighted by Gasteiger charge is -1.99. The van der Waals surface area contributed by atoms with Crippen molar-refractivity contribution < 1.29 is 0 Å². The van der Waals surface area contributed by atoms with E-state index in [0.717, 1.165) is 17.0 Å². The van der Waals surface area contributed by atoms with Crippen LogP contribution >= 0.6 is 0 Å². The molecule has 16 heavy (non-hydrogen) atoms. The summed E-state index contributed by atoms with van der Waals surface area (Å²) >= 11 is 0. The first-order valence-electron chi connectivity index (χ1n) is 4.98. The van der Waals surface area contributed by atoms with Gasteiger partial charge in [-0.3, -0.25) is 9.08 Å². The number of aryl methyl sites for hydroxylation is 1. The number of anilines is 1. The highest BCUT2D eigenvalue weighted by atomic mass is 15.3. The van der Waals surface area contributed by atoms with Crippen LogP contribution in [0.4, 0.5) is 5.82 Å². The molecule has 0 radical (unpaired) electrons. The Morgan fingerprint density at radius 1 is 1.25 bits per heavy atom. The van der Waals surface area contributed by atoms with Gasteiger partial charge in [-0.25, -0.2) is 4.98 Å². The SMILES string of the molecule is Cn1nccc1-c1nc2ccccn2c1N. The first-order chi connectivity index (χ1) is 7.77. The number of pyridine rings is 1. The topological polar surface area (TPSA) is 61.1 Å². The Morgan fingerprint density at radius 3 is 2.81 bits per heavy atom. The Kier molecular flexibility index (Phi) is 1.73. The first kappa shape index (κ1) is 8.96. The highest BCUT2D eigenvalue weighted by Crippen LogP contribution is 2.25. The predicted octanol–water partition coefficient (Wildman–Crippen LogP) is 1.32. The van der Waals surface area contributed by atoms with Crippen molar-refractivity contribution in [2.24, 2.45) is 7.05 Å². The van der Waals surface area contributed by atoms with E-state index in [9.17, 15) is 0 Å². The van der Waals surface area contributed by atoms with Crippen molar-refractivity contribution in [2.45, 2.75) is 0 Å². The van der Waals surface area contributed by atoms with Gasteiger partial charge in [0.2, 0.25) is 0 Å². The Morgan fingerprint density at radius 2 is 2.12 bits per heavy atom. The van der Waals surface area contributed by atoms with Crippen LogP contribution in [0.2, 0.25) is 0 Å². The molecule has 0 aromatic carbocycles. The molecule has 0 aliphatic rings. The molecule has 0 unspecified atom stereocenters. The maximum atomic E-state index is 6.06. The highest BCUT2D eigenvalue weighted by Gasteiger charge is 2.13. The molecular formula is C11H11N5. The van der Waals surface area contributed by atoms with Gasteiger partial charge in [-0.15, -0.1) is 0 Å². The fourth-order valence-corrected chi connectivity index (χ4v) is 1.81. The number of nitrogen functional groups attached to an aromatic ring is 1. The molecule has 0 saturated carbocycles. The van der Waals surface area contributed by atoms with Gasteiger partial charge in [-0.1, -0.05) is 6.07 Å². The first-order valence-corrected chi connectivity index (χ1v) is 4.98. The molecule has 5 heteroatoms. The average molecular weight is 213 g/mol. The van der Waals surface area contributed by atoms with Crippen LogP contribution in [-0.2, 0) is 7.05 Å². The van der Waals surface area contributed by atoms with Gasteiger partial charge in [-0.05, 0) is 18.2 Å². The standard InChI is InChI=1S/C11H11N5/c1-15-8(5-6-13-15)10-11(12)16-7-3-2-4-9(16)14-10/h2-7H,12H2,1H3. The van der Waals surface area contributed by atoms with E-state index in [4.69, 9.17) is 5.73 Å². The monoisotopic (exact) mass is 213 g/mol. The number of fused-ring (bicyclic) bond motifs is 1. The van der Waals surface area contributed by atoms with Gasteiger partial charge in [0.1, 0.15) is 17.2 Å². The van der Waals surface area contributed by atoms with Crippen LogP contribution in [0.1, 0.15) is 0 Å². The molecule has 0 aliphatic carbocycles. The Bertz CT molecular complexity index is 649. The molecule has 80 valence electrons. The summed E-state index contributed by atoms with van der Waals surface area (Å²) in [5, 5.41) is 4.12. The van der Waals surface area contributed by atoms with Crippen LogP contribution in [0, 0.1) is 0 Å². The smallest absolute Gasteiger partial charge is 0.139 e. The fraction of sp³-hybridized carbons (Fsp3) is 0.0909. The van der Waals surface area contributed by atoms with E-state index in [-0.39, 0.29) is 0 Å². The van der Waals surface area contributed by atoms with Crippen LogP contribution < -0.4 is 5.73 Å². The van der Waals surface area contributed by atoms with Crippen molar-refractivity contribution in [3.63, 3.8) is 0 Å². The van der Waals surface area contributed by atoms with E-state index in [1.807, 2.05) is 41.9 Å². The van der Waals surface area contributed by atoms with E-state index >= 15 is 0 Å². The summed E-state index contributed by atoms with van der Waals surface area (Å²) in [7, 11) is 1.87. The molecule has 0 fully saturated rings. The predicted molar refractivity (Wildman–Crippen MR) is 61.8 cm³/mol. The third-order valence-electron chi connectivity index (χ3n) is 2.63. The number of nitrogens with zero attached hydrogens (tertiary/aromatic N) is 4. The molecule has 2 N–H and O–H groups in total. The van der Waals surface area contributed by atoms with Crippen molar-refractivity contribution in [3.8, 4) is 11.4 Å². The van der Waals surface area contributed by atoms with Gasteiger partial charge in [0.15, 0.2) is 0 Å². The van der Waals surface area contributed by atoms with Crippen molar-refractivity contribution in [1.82, 2.24) is 19.2 Å². The van der Waals surface area contributed by atoms with Gasteiger partial charge in [-0.2, -0.15) is 5.10 Å². The second-order valence-corrected chi connectivity index (χ2v) is 3.61. The normalized spacial score (nSPS) is 11.1. The van der Waals surface area contributed by atoms with Crippen LogP contribution in [0.5, 0.6) is 0 Å². The molecule has 3 heterocycles. The minimum Gasteiger partial charge on any atom is -0.383 e. The molecule has 3 aromatic heterocycles. The Labute approximate surface area is 92.1 Å². The largest absolute Gasteiger partial charge is 0.383 e. The number of aromatic nitrogens is 4. The molecular weight excluding hydrogens is 202 g/mol. The summed E-state index contributed by atoms with van der Waals surface area (Å²) in [6.45, 7) is 0. The van der Waals surface area contributed by atoms with Gasteiger partial charge in [0.25, 0.3) is 0 Å². The van der Waals surface area contributed by atoms with E-state index in [1.165, 1.54) is 0 Å². The van der Waals surface area contributed by atoms with Crippen molar-refractivity contribution in [3.05, 3.63) is 36.7 Å². The van der Waals surface area contributed by atoms with Gasteiger partial charge < -0.3 is 5.73 Å². The van der Waals surface area contributed by atoms with Gasteiger partial charge >= 0.3 is 0 Å². The summed E-state index contributed by atoms with van der Waals surface area (Å²) in [5.41, 5.74) is 8.59. The summed E-state index contributed by atoms with van der Waals surface area (Å²) < 4.78 is 3.63. The number of rotatable bonds is 1. The fourth-order valence-electron chi connectivity index (χ4n) is 1.81. The number of nitrogens with two attached hydrogens (primary N) is 1. The minimum absolute atomic E-state index is 0.638. The second-order valence-electron chi connectivity index (χ2n) is 3.61. The maximum absolute atomic E-state index is 6.06. The molecule has 0 amide bonds. The zero-order valence-electron chi connectivity index (χ0n) is 8.83. The number of hydrogen-bond donors (Lipinski definition) is 1. The molecule has 5 nitrogen and oxygen atoms in total. The second kappa shape index (κ2) is 3.10. The molecule has 0 saturated heterocycles. The van der Waals surface area contributed by atoms with E-state index in [0.29, 0.717) is 5.82 Å². The van der Waals surface area contributed by atoms with Crippen molar-refractivity contribution in [2.75, 3.05) is 5.73 Å².